The SMILES string of the molecule is O=P([O-])([O-])[O-].O=P([O-])([O-])[O-].O=P([O-])([O-])[O-].[Al+3].[Pb+2].[Pb+2].[Pb+2]. The molecule has 0 amide bonds. The van der Waals surface area contributed by atoms with Crippen LogP contribution in [0.1, 0.15) is 0 Å². The summed E-state index contributed by atoms with van der Waals surface area (Å²) in [7, 11) is -16.2. The Kier molecular flexibility index (Phi) is 44.9. The third kappa shape index (κ3) is 633. The van der Waals surface area contributed by atoms with Gasteiger partial charge in [0.05, 0.1) is 0 Å². The molecule has 0 aromatic rings. The van der Waals surface area contributed by atoms with Gasteiger partial charge in [-0.1, -0.05) is 0 Å². The monoisotopic (exact) mass is 936 g/mol. The van der Waals surface area contributed by atoms with Crippen LogP contribution in [0.5, 0.6) is 0 Å². The fraction of sp³-hybridized carbons (Fsp3) is 0. The zero-order valence-electron chi connectivity index (χ0n) is 8.32. The van der Waals surface area contributed by atoms with Gasteiger partial charge >= 0.3 is 99.3 Å². The van der Waals surface area contributed by atoms with Gasteiger partial charge < -0.3 is 57.7 Å². The van der Waals surface area contributed by atoms with Gasteiger partial charge in [0.1, 0.15) is 0 Å². The number of hydrogen-bond donors (Lipinski definition) is 0. The van der Waals surface area contributed by atoms with Gasteiger partial charge in [0.2, 0.25) is 0 Å². The maximum Gasteiger partial charge on any atom is 3.00 e. The van der Waals surface area contributed by atoms with E-state index in [9.17, 15) is 0 Å². The molecule has 0 fully saturated rings. The Morgan fingerprint density at radius 2 is 0.421 bits per heavy atom. The Morgan fingerprint density at radius 3 is 0.421 bits per heavy atom. The molecule has 0 atom stereocenters. The summed E-state index contributed by atoms with van der Waals surface area (Å²) in [6, 6.07) is 0. The van der Waals surface area contributed by atoms with E-state index in [1.54, 1.807) is 0 Å². The zero-order chi connectivity index (χ0) is 13.5. The van der Waals surface area contributed by atoms with Crippen molar-refractivity contribution in [1.82, 2.24) is 0 Å². The van der Waals surface area contributed by atoms with Crippen LogP contribution in [0.25, 0.3) is 0 Å². The van der Waals surface area contributed by atoms with Crippen molar-refractivity contribution in [2.75, 3.05) is 0 Å². The molecule has 0 N–H and O–H groups in total. The second-order valence-corrected chi connectivity index (χ2v) is 4.02. The fourth-order valence-corrected chi connectivity index (χ4v) is 0. The quantitative estimate of drug-likeness (QED) is 0.162. The van der Waals surface area contributed by atoms with Crippen LogP contribution >= 0.6 is 23.5 Å². The molecule has 0 saturated carbocycles. The second kappa shape index (κ2) is 19.7. The van der Waals surface area contributed by atoms with E-state index in [1.165, 1.54) is 0 Å². The molecule has 0 spiro atoms. The molecule has 0 aromatic heterocycles. The summed E-state index contributed by atoms with van der Waals surface area (Å²) < 4.78 is 25.6. The first kappa shape index (κ1) is 43.3. The van der Waals surface area contributed by atoms with E-state index in [2.05, 4.69) is 0 Å². The van der Waals surface area contributed by atoms with E-state index in [-0.39, 0.29) is 99.3 Å². The molecule has 19 heteroatoms. The van der Waals surface area contributed by atoms with Crippen LogP contribution in [0.15, 0.2) is 0 Å². The molecule has 0 unspecified atom stereocenters. The summed E-state index contributed by atoms with van der Waals surface area (Å²) in [6.07, 6.45) is 0. The van der Waals surface area contributed by atoms with Crippen molar-refractivity contribution in [3.05, 3.63) is 0 Å². The molecule has 0 aromatic carbocycles. The van der Waals surface area contributed by atoms with Gasteiger partial charge in [0, 0.05) is 0 Å². The van der Waals surface area contributed by atoms with Gasteiger partial charge in [-0.05, 0) is 0 Å². The Hall–Kier alpha value is 3.63. The van der Waals surface area contributed by atoms with Gasteiger partial charge in [-0.15, -0.1) is 0 Å². The maximum absolute atomic E-state index is 8.55. The minimum atomic E-state index is -5.39. The summed E-state index contributed by atoms with van der Waals surface area (Å²) in [5.74, 6) is 0. The molecule has 102 valence electrons. The van der Waals surface area contributed by atoms with Crippen LogP contribution in [-0.4, -0.2) is 99.3 Å². The Balaban J connectivity index is -0.0000000206. The molecule has 6 radical (unpaired) electrons. The van der Waals surface area contributed by atoms with Crippen LogP contribution in [0.3, 0.4) is 0 Å². The predicted octanol–water partition coefficient (Wildman–Crippen LogP) is -10.00. The molecule has 0 rings (SSSR count). The molecule has 19 heavy (non-hydrogen) atoms. The molecule has 0 saturated heterocycles. The number of rotatable bonds is 0. The second-order valence-electron chi connectivity index (χ2n) is 1.34. The first-order valence-corrected chi connectivity index (χ1v) is 6.57. The van der Waals surface area contributed by atoms with Crippen molar-refractivity contribution in [1.29, 1.82) is 0 Å². The van der Waals surface area contributed by atoms with Crippen molar-refractivity contribution < 1.29 is 57.7 Å². The van der Waals surface area contributed by atoms with Gasteiger partial charge in [0.25, 0.3) is 0 Å². The molecule has 0 aliphatic carbocycles. The summed E-state index contributed by atoms with van der Waals surface area (Å²) in [6.45, 7) is 0. The molecule has 0 heterocycles. The third-order valence-electron chi connectivity index (χ3n) is 0. The van der Waals surface area contributed by atoms with Crippen molar-refractivity contribution in [2.24, 2.45) is 0 Å². The van der Waals surface area contributed by atoms with Crippen molar-refractivity contribution in [2.45, 2.75) is 0 Å². The van der Waals surface area contributed by atoms with Crippen LogP contribution in [0.4, 0.5) is 0 Å². The molecular formula is AlO12P3Pb3. The van der Waals surface area contributed by atoms with E-state index in [4.69, 9.17) is 57.7 Å². The maximum atomic E-state index is 8.55. The summed E-state index contributed by atoms with van der Waals surface area (Å²) in [5.41, 5.74) is 0. The first-order chi connectivity index (χ1) is 6.00. The Bertz CT molecular complexity index is 214. The molecule has 0 aliphatic rings. The average Bonchev–Trinajstić information content (AvgIpc) is 1.41. The molecular weight excluding hydrogens is 933 g/mol. The number of phosphoric acid groups is 3. The van der Waals surface area contributed by atoms with Gasteiger partial charge in [0.15, 0.2) is 0 Å². The summed E-state index contributed by atoms with van der Waals surface area (Å²) >= 11 is 0. The average molecular weight is 933 g/mol. The van der Waals surface area contributed by atoms with Crippen molar-refractivity contribution in [3.63, 3.8) is 0 Å². The van der Waals surface area contributed by atoms with E-state index in [1.807, 2.05) is 0 Å². The molecule has 0 aliphatic heterocycles. The largest absolute Gasteiger partial charge is 3.00 e. The van der Waals surface area contributed by atoms with E-state index >= 15 is 0 Å². The Morgan fingerprint density at radius 1 is 0.421 bits per heavy atom. The standard InChI is InChI=1S/Al.3H3O4P.3Pb/c;3*1-5(2,3)4;;;/h;3*(H3,1,2,3,4);;;/q+3;;;;3*+2/p-9. The summed E-state index contributed by atoms with van der Waals surface area (Å²) in [5, 5.41) is 0. The van der Waals surface area contributed by atoms with Crippen molar-refractivity contribution >= 4 is 123 Å². The number of hydrogen-bond acceptors (Lipinski definition) is 12. The van der Waals surface area contributed by atoms with Crippen molar-refractivity contribution in [3.8, 4) is 0 Å². The smallest absolute Gasteiger partial charge is 0.822 e. The Labute approximate surface area is 178 Å². The predicted molar refractivity (Wildman–Crippen MR) is 45.8 cm³/mol. The van der Waals surface area contributed by atoms with Crippen LogP contribution in [-0.2, 0) is 13.7 Å². The van der Waals surface area contributed by atoms with Gasteiger partial charge in [-0.3, -0.25) is 0 Å². The summed E-state index contributed by atoms with van der Waals surface area (Å²) in [4.78, 5) is 76.9. The fourth-order valence-electron chi connectivity index (χ4n) is 0. The topological polar surface area (TPSA) is 259 Å². The minimum Gasteiger partial charge on any atom is -0.822 e. The molecule has 12 nitrogen and oxygen atoms in total. The van der Waals surface area contributed by atoms with Crippen LogP contribution in [0, 0.1) is 0 Å². The van der Waals surface area contributed by atoms with Crippen LogP contribution in [0.2, 0.25) is 0 Å². The van der Waals surface area contributed by atoms with Gasteiger partial charge in [-0.25, -0.2) is 0 Å². The zero-order valence-corrected chi connectivity index (χ0v) is 23.8. The molecule has 0 bridgehead atoms. The minimum absolute atomic E-state index is 0. The first-order valence-electron chi connectivity index (χ1n) is 2.19. The van der Waals surface area contributed by atoms with E-state index in [0.717, 1.165) is 0 Å². The van der Waals surface area contributed by atoms with E-state index < -0.39 is 23.5 Å². The normalized spacial score (nSPS) is 9.32. The van der Waals surface area contributed by atoms with E-state index in [0.29, 0.717) is 0 Å². The van der Waals surface area contributed by atoms with Crippen LogP contribution < -0.4 is 44.0 Å². The third-order valence-corrected chi connectivity index (χ3v) is 0. The van der Waals surface area contributed by atoms with Gasteiger partial charge in [-0.2, -0.15) is 23.5 Å².